The molecule has 2 aromatic carbocycles. The van der Waals surface area contributed by atoms with Gasteiger partial charge < -0.3 is 20.1 Å². The Morgan fingerprint density at radius 1 is 1.06 bits per heavy atom. The molecule has 0 atom stereocenters. The van der Waals surface area contributed by atoms with E-state index < -0.39 is 12.1 Å². The van der Waals surface area contributed by atoms with E-state index in [0.29, 0.717) is 5.57 Å². The van der Waals surface area contributed by atoms with Gasteiger partial charge in [-0.2, -0.15) is 0 Å². The number of nitrogens with one attached hydrogen (secondary N) is 1. The average Bonchev–Trinajstić information content (AvgIpc) is 3.09. The molecule has 1 aliphatic carbocycles. The second kappa shape index (κ2) is 10.1. The van der Waals surface area contributed by atoms with Crippen molar-refractivity contribution >= 4 is 18.0 Å². The lowest BCUT2D eigenvalue weighted by Gasteiger charge is -2.25. The number of hydrogen-bond acceptors (Lipinski definition) is 4. The van der Waals surface area contributed by atoms with Crippen molar-refractivity contribution in [2.75, 3.05) is 19.7 Å². The Labute approximate surface area is 187 Å². The molecule has 3 rings (SSSR count). The highest BCUT2D eigenvalue weighted by Gasteiger charge is 2.29. The number of alkyl carbamates (subject to hydrolysis) is 1. The fraction of sp³-hybridized carbons (Fsp3) is 0.320. The second-order valence-electron chi connectivity index (χ2n) is 8.01. The van der Waals surface area contributed by atoms with Gasteiger partial charge in [-0.15, -0.1) is 0 Å². The monoisotopic (exact) mass is 436 g/mol. The molecule has 2 N–H and O–H groups in total. The highest BCUT2D eigenvalue weighted by molar-refractivity contribution is 5.94. The van der Waals surface area contributed by atoms with Crippen LogP contribution in [0.3, 0.4) is 0 Å². The van der Waals surface area contributed by atoms with Crippen LogP contribution in [0.15, 0.2) is 60.2 Å². The van der Waals surface area contributed by atoms with Crippen LogP contribution in [0.4, 0.5) is 4.79 Å². The summed E-state index contributed by atoms with van der Waals surface area (Å²) in [5, 5.41) is 11.6. The molecule has 0 bridgehead atoms. The topological polar surface area (TPSA) is 95.9 Å². The Bertz CT molecular complexity index is 999. The van der Waals surface area contributed by atoms with Crippen molar-refractivity contribution in [2.24, 2.45) is 0 Å². The molecule has 0 saturated carbocycles. The summed E-state index contributed by atoms with van der Waals surface area (Å²) in [5.74, 6) is -1.48. The van der Waals surface area contributed by atoms with E-state index in [1.807, 2.05) is 24.3 Å². The van der Waals surface area contributed by atoms with Crippen LogP contribution in [0.2, 0.25) is 0 Å². The van der Waals surface area contributed by atoms with Gasteiger partial charge in [0.25, 0.3) is 0 Å². The number of rotatable bonds is 8. The maximum atomic E-state index is 12.5. The maximum Gasteiger partial charge on any atom is 0.407 e. The van der Waals surface area contributed by atoms with Crippen LogP contribution >= 0.6 is 0 Å². The molecule has 0 aliphatic heterocycles. The Hall–Kier alpha value is -3.61. The van der Waals surface area contributed by atoms with E-state index in [9.17, 15) is 14.4 Å². The van der Waals surface area contributed by atoms with Crippen molar-refractivity contribution in [3.63, 3.8) is 0 Å². The van der Waals surface area contributed by atoms with Crippen molar-refractivity contribution in [2.45, 2.75) is 32.7 Å². The van der Waals surface area contributed by atoms with Gasteiger partial charge in [-0.1, -0.05) is 54.6 Å². The molecule has 32 heavy (non-hydrogen) atoms. The summed E-state index contributed by atoms with van der Waals surface area (Å²) in [6.07, 6.45) is 0.982. The number of aliphatic carboxylic acids is 1. The molecular weight excluding hydrogens is 408 g/mol. The lowest BCUT2D eigenvalue weighted by molar-refractivity contribution is -0.144. The predicted octanol–water partition coefficient (Wildman–Crippen LogP) is 3.79. The Kier molecular flexibility index (Phi) is 7.30. The van der Waals surface area contributed by atoms with E-state index >= 15 is 0 Å². The molecule has 2 aromatic rings. The smallest absolute Gasteiger partial charge is 0.407 e. The molecule has 0 saturated heterocycles. The highest BCUT2D eigenvalue weighted by Crippen LogP contribution is 2.44. The van der Waals surface area contributed by atoms with Gasteiger partial charge >= 0.3 is 12.1 Å². The Balaban J connectivity index is 1.56. The number of carboxylic acid groups (broad SMARTS) is 1. The van der Waals surface area contributed by atoms with Crippen molar-refractivity contribution in [3.8, 4) is 11.1 Å². The van der Waals surface area contributed by atoms with Crippen LogP contribution < -0.4 is 5.32 Å². The van der Waals surface area contributed by atoms with Gasteiger partial charge in [-0.05, 0) is 43.0 Å². The summed E-state index contributed by atoms with van der Waals surface area (Å²) < 4.78 is 5.47. The van der Waals surface area contributed by atoms with Crippen LogP contribution in [0, 0.1) is 0 Å². The molecule has 7 heteroatoms. The minimum Gasteiger partial charge on any atom is -0.480 e. The zero-order valence-electron chi connectivity index (χ0n) is 18.5. The molecule has 0 radical (unpaired) electrons. The van der Waals surface area contributed by atoms with E-state index in [-0.39, 0.29) is 37.6 Å². The first-order valence-corrected chi connectivity index (χ1v) is 10.6. The first kappa shape index (κ1) is 23.1. The minimum absolute atomic E-state index is 0.0253. The highest BCUT2D eigenvalue weighted by atomic mass is 16.5. The third kappa shape index (κ3) is 5.17. The molecule has 0 fully saturated rings. The molecule has 7 nitrogen and oxygen atoms in total. The van der Waals surface area contributed by atoms with E-state index in [1.165, 1.54) is 4.90 Å². The molecule has 1 aliphatic rings. The summed E-state index contributed by atoms with van der Waals surface area (Å²) in [7, 11) is 0. The number of carbonyl (C=O) groups excluding carboxylic acids is 2. The van der Waals surface area contributed by atoms with E-state index in [2.05, 4.69) is 29.6 Å². The third-order valence-corrected chi connectivity index (χ3v) is 5.53. The number of ether oxygens (including phenoxy) is 1. The van der Waals surface area contributed by atoms with Gasteiger partial charge in [0.15, 0.2) is 0 Å². The SMILES string of the molecule is C/C(=C\CNC(=O)OCC1c2ccccc2-c2ccccc21)C(=O)N(CC(=O)O)C(C)C. The lowest BCUT2D eigenvalue weighted by atomic mass is 9.98. The summed E-state index contributed by atoms with van der Waals surface area (Å²) in [6, 6.07) is 16.0. The van der Waals surface area contributed by atoms with Crippen LogP contribution in [0.1, 0.15) is 37.8 Å². The van der Waals surface area contributed by atoms with Crippen molar-refractivity contribution in [1.82, 2.24) is 10.2 Å². The number of fused-ring (bicyclic) bond motifs is 3. The van der Waals surface area contributed by atoms with Crippen LogP contribution in [-0.2, 0) is 14.3 Å². The van der Waals surface area contributed by atoms with Crippen LogP contribution in [0.25, 0.3) is 11.1 Å². The standard InChI is InChI=1S/C25H28N2O5/c1-16(2)27(14-23(28)29)24(30)17(3)12-13-26-25(31)32-15-22-20-10-6-4-8-18(20)19-9-5-7-11-21(19)22/h4-12,16,22H,13-15H2,1-3H3,(H,26,31)(H,28,29)/b17-12+. The van der Waals surface area contributed by atoms with Gasteiger partial charge in [0, 0.05) is 24.1 Å². The van der Waals surface area contributed by atoms with Crippen LogP contribution in [-0.4, -0.2) is 53.7 Å². The summed E-state index contributed by atoms with van der Waals surface area (Å²) in [6.45, 7) is 5.04. The zero-order valence-corrected chi connectivity index (χ0v) is 18.5. The first-order valence-electron chi connectivity index (χ1n) is 10.6. The molecule has 0 aromatic heterocycles. The Morgan fingerprint density at radius 3 is 2.16 bits per heavy atom. The molecule has 2 amide bonds. The maximum absolute atomic E-state index is 12.5. The second-order valence-corrected chi connectivity index (χ2v) is 8.01. The molecule has 168 valence electrons. The number of nitrogens with zero attached hydrogens (tertiary/aromatic N) is 1. The number of carboxylic acids is 1. The average molecular weight is 437 g/mol. The number of benzene rings is 2. The van der Waals surface area contributed by atoms with E-state index in [1.54, 1.807) is 26.8 Å². The zero-order chi connectivity index (χ0) is 23.3. The predicted molar refractivity (Wildman–Crippen MR) is 121 cm³/mol. The normalized spacial score (nSPS) is 12.8. The lowest BCUT2D eigenvalue weighted by Crippen LogP contribution is -2.41. The van der Waals surface area contributed by atoms with E-state index in [4.69, 9.17) is 9.84 Å². The Morgan fingerprint density at radius 2 is 1.62 bits per heavy atom. The van der Waals surface area contributed by atoms with Gasteiger partial charge in [0.05, 0.1) is 0 Å². The van der Waals surface area contributed by atoms with Crippen molar-refractivity contribution < 1.29 is 24.2 Å². The molecule has 0 heterocycles. The first-order chi connectivity index (χ1) is 15.3. The fourth-order valence-electron chi connectivity index (χ4n) is 3.89. The molecule has 0 spiro atoms. The quantitative estimate of drug-likeness (QED) is 0.614. The number of amides is 2. The van der Waals surface area contributed by atoms with Crippen molar-refractivity contribution in [1.29, 1.82) is 0 Å². The molecular formula is C25H28N2O5. The fourth-order valence-corrected chi connectivity index (χ4v) is 3.89. The van der Waals surface area contributed by atoms with Gasteiger partial charge in [-0.25, -0.2) is 4.79 Å². The number of hydrogen-bond donors (Lipinski definition) is 2. The molecule has 0 unspecified atom stereocenters. The summed E-state index contributed by atoms with van der Waals surface area (Å²) >= 11 is 0. The van der Waals surface area contributed by atoms with Crippen LogP contribution in [0.5, 0.6) is 0 Å². The third-order valence-electron chi connectivity index (χ3n) is 5.53. The number of carbonyl (C=O) groups is 3. The largest absolute Gasteiger partial charge is 0.480 e. The van der Waals surface area contributed by atoms with Crippen molar-refractivity contribution in [3.05, 3.63) is 71.3 Å². The van der Waals surface area contributed by atoms with Gasteiger partial charge in [0.2, 0.25) is 5.91 Å². The van der Waals surface area contributed by atoms with Gasteiger partial charge in [-0.3, -0.25) is 9.59 Å². The van der Waals surface area contributed by atoms with Gasteiger partial charge in [0.1, 0.15) is 13.2 Å². The van der Waals surface area contributed by atoms with E-state index in [0.717, 1.165) is 22.3 Å². The summed E-state index contributed by atoms with van der Waals surface area (Å²) in [4.78, 5) is 37.0. The summed E-state index contributed by atoms with van der Waals surface area (Å²) in [5.41, 5.74) is 4.94. The minimum atomic E-state index is -1.07.